The number of likely N-dealkylation sites (N-methyl/N-ethyl adjacent to an activating group) is 1. The molecule has 0 atom stereocenters. The molecule has 2 nitrogen and oxygen atoms in total. The highest BCUT2D eigenvalue weighted by molar-refractivity contribution is 5.56. The first kappa shape index (κ1) is 4.37. The summed E-state index contributed by atoms with van der Waals surface area (Å²) in [5, 5.41) is 0. The molecular formula is C5H8N2. The topological polar surface area (TPSA) is 15.6 Å². The van der Waals surface area contributed by atoms with Crippen molar-refractivity contribution in [3.8, 4) is 0 Å². The maximum atomic E-state index is 3.88. The minimum absolute atomic E-state index is 0.990. The Bertz CT molecular complexity index is 105. The van der Waals surface area contributed by atoms with E-state index in [9.17, 15) is 0 Å². The van der Waals surface area contributed by atoms with E-state index < -0.39 is 0 Å². The van der Waals surface area contributed by atoms with Crippen molar-refractivity contribution in [1.82, 2.24) is 4.90 Å². The molecule has 0 bridgehead atoms. The van der Waals surface area contributed by atoms with Crippen LogP contribution in [0.4, 0.5) is 0 Å². The fourth-order valence-corrected chi connectivity index (χ4v) is 0.474. The summed E-state index contributed by atoms with van der Waals surface area (Å²) in [4.78, 5) is 5.89. The van der Waals surface area contributed by atoms with E-state index in [1.807, 2.05) is 18.0 Å². The minimum atomic E-state index is 0.990. The summed E-state index contributed by atoms with van der Waals surface area (Å²) in [6.45, 7) is 0.990. The van der Waals surface area contributed by atoms with Crippen LogP contribution in [0.15, 0.2) is 17.3 Å². The van der Waals surface area contributed by atoms with Crippen LogP contribution in [-0.2, 0) is 0 Å². The molecule has 7 heavy (non-hydrogen) atoms. The SMILES string of the molecule is CN1C=NC=CC1. The van der Waals surface area contributed by atoms with E-state index in [2.05, 4.69) is 4.99 Å². The third kappa shape index (κ3) is 1.03. The average molecular weight is 96.1 g/mol. The zero-order valence-corrected chi connectivity index (χ0v) is 4.33. The molecule has 0 aromatic rings. The molecular weight excluding hydrogens is 88.1 g/mol. The Morgan fingerprint density at radius 2 is 2.57 bits per heavy atom. The average Bonchev–Trinajstić information content (AvgIpc) is 1.69. The van der Waals surface area contributed by atoms with Crippen LogP contribution in [0.25, 0.3) is 0 Å². The first-order chi connectivity index (χ1) is 3.39. The van der Waals surface area contributed by atoms with Crippen molar-refractivity contribution in [2.75, 3.05) is 13.6 Å². The van der Waals surface area contributed by atoms with Crippen LogP contribution in [0, 0.1) is 0 Å². The lowest BCUT2D eigenvalue weighted by Crippen LogP contribution is -2.17. The highest BCUT2D eigenvalue weighted by atomic mass is 15.1. The Labute approximate surface area is 43.2 Å². The second-order valence-corrected chi connectivity index (χ2v) is 1.59. The summed E-state index contributed by atoms with van der Waals surface area (Å²) in [6.07, 6.45) is 5.62. The molecule has 0 fully saturated rings. The number of rotatable bonds is 0. The van der Waals surface area contributed by atoms with Crippen molar-refractivity contribution in [2.45, 2.75) is 0 Å². The third-order valence-electron chi connectivity index (χ3n) is 0.849. The third-order valence-corrected chi connectivity index (χ3v) is 0.849. The smallest absolute Gasteiger partial charge is 0.0905 e. The summed E-state index contributed by atoms with van der Waals surface area (Å²) in [5.74, 6) is 0. The van der Waals surface area contributed by atoms with Gasteiger partial charge in [0.1, 0.15) is 0 Å². The summed E-state index contributed by atoms with van der Waals surface area (Å²) in [5.41, 5.74) is 0. The zero-order valence-electron chi connectivity index (χ0n) is 4.33. The second-order valence-electron chi connectivity index (χ2n) is 1.59. The Hall–Kier alpha value is -0.790. The van der Waals surface area contributed by atoms with Gasteiger partial charge in [0.25, 0.3) is 0 Å². The van der Waals surface area contributed by atoms with E-state index in [4.69, 9.17) is 0 Å². The van der Waals surface area contributed by atoms with Gasteiger partial charge in [-0.05, 0) is 6.08 Å². The molecule has 2 heteroatoms. The van der Waals surface area contributed by atoms with Crippen LogP contribution < -0.4 is 0 Å². The lowest BCUT2D eigenvalue weighted by Gasteiger charge is -2.10. The van der Waals surface area contributed by atoms with Crippen molar-refractivity contribution in [2.24, 2.45) is 4.99 Å². The van der Waals surface area contributed by atoms with Gasteiger partial charge in [-0.15, -0.1) is 0 Å². The normalized spacial score (nSPS) is 18.1. The molecule has 0 amide bonds. The quantitative estimate of drug-likeness (QED) is 0.428. The molecule has 1 rings (SSSR count). The maximum Gasteiger partial charge on any atom is 0.0905 e. The molecule has 0 unspecified atom stereocenters. The Morgan fingerprint density at radius 3 is 2.86 bits per heavy atom. The highest BCUT2D eigenvalue weighted by Gasteiger charge is 1.87. The van der Waals surface area contributed by atoms with E-state index in [1.165, 1.54) is 0 Å². The molecule has 38 valence electrons. The summed E-state index contributed by atoms with van der Waals surface area (Å²) in [6, 6.07) is 0. The van der Waals surface area contributed by atoms with E-state index in [1.54, 1.807) is 12.5 Å². The number of nitrogens with zero attached hydrogens (tertiary/aromatic N) is 2. The minimum Gasteiger partial charge on any atom is -0.362 e. The van der Waals surface area contributed by atoms with Gasteiger partial charge in [0.2, 0.25) is 0 Å². The van der Waals surface area contributed by atoms with Crippen LogP contribution in [0.1, 0.15) is 0 Å². The van der Waals surface area contributed by atoms with Gasteiger partial charge in [0.05, 0.1) is 6.34 Å². The first-order valence-electron chi connectivity index (χ1n) is 2.28. The maximum absolute atomic E-state index is 3.88. The number of hydrogen-bond acceptors (Lipinski definition) is 2. The van der Waals surface area contributed by atoms with E-state index in [-0.39, 0.29) is 0 Å². The van der Waals surface area contributed by atoms with Crippen LogP contribution in [0.3, 0.4) is 0 Å². The summed E-state index contributed by atoms with van der Waals surface area (Å²) >= 11 is 0. The van der Waals surface area contributed by atoms with Crippen LogP contribution >= 0.6 is 0 Å². The lowest BCUT2D eigenvalue weighted by atomic mass is 10.5. The Morgan fingerprint density at radius 1 is 1.71 bits per heavy atom. The van der Waals surface area contributed by atoms with Crippen molar-refractivity contribution in [3.63, 3.8) is 0 Å². The highest BCUT2D eigenvalue weighted by Crippen LogP contribution is 1.86. The van der Waals surface area contributed by atoms with Crippen molar-refractivity contribution in [3.05, 3.63) is 12.3 Å². The molecule has 0 N–H and O–H groups in total. The zero-order chi connectivity index (χ0) is 5.11. The molecule has 0 saturated carbocycles. The van der Waals surface area contributed by atoms with Gasteiger partial charge in [-0.2, -0.15) is 0 Å². The van der Waals surface area contributed by atoms with Gasteiger partial charge >= 0.3 is 0 Å². The molecule has 0 aromatic carbocycles. The number of aliphatic imine (C=N–C) groups is 1. The van der Waals surface area contributed by atoms with Crippen LogP contribution in [-0.4, -0.2) is 24.8 Å². The van der Waals surface area contributed by atoms with E-state index >= 15 is 0 Å². The van der Waals surface area contributed by atoms with Gasteiger partial charge in [-0.25, -0.2) is 4.99 Å². The Balaban J connectivity index is 2.49. The van der Waals surface area contributed by atoms with Crippen molar-refractivity contribution < 1.29 is 0 Å². The molecule has 1 aliphatic rings. The molecule has 0 aliphatic carbocycles. The van der Waals surface area contributed by atoms with Gasteiger partial charge in [0, 0.05) is 19.8 Å². The standard InChI is InChI=1S/C5H8N2/c1-7-4-2-3-6-5-7/h2-3,5H,4H2,1H3. The molecule has 0 saturated heterocycles. The van der Waals surface area contributed by atoms with E-state index in [0.29, 0.717) is 0 Å². The molecule has 0 aromatic heterocycles. The molecule has 1 aliphatic heterocycles. The van der Waals surface area contributed by atoms with Gasteiger partial charge < -0.3 is 4.90 Å². The Kier molecular flexibility index (Phi) is 1.11. The lowest BCUT2D eigenvalue weighted by molar-refractivity contribution is 0.574. The predicted molar refractivity (Wildman–Crippen MR) is 30.3 cm³/mol. The monoisotopic (exact) mass is 96.1 g/mol. The molecule has 1 heterocycles. The van der Waals surface area contributed by atoms with Gasteiger partial charge in [-0.1, -0.05) is 0 Å². The van der Waals surface area contributed by atoms with Crippen molar-refractivity contribution in [1.29, 1.82) is 0 Å². The summed E-state index contributed by atoms with van der Waals surface area (Å²) < 4.78 is 0. The predicted octanol–water partition coefficient (Wildman–Crippen LogP) is 0.474. The van der Waals surface area contributed by atoms with E-state index in [0.717, 1.165) is 6.54 Å². The van der Waals surface area contributed by atoms with Crippen LogP contribution in [0.2, 0.25) is 0 Å². The van der Waals surface area contributed by atoms with Gasteiger partial charge in [0.15, 0.2) is 0 Å². The molecule has 0 radical (unpaired) electrons. The molecule has 0 spiro atoms. The van der Waals surface area contributed by atoms with Gasteiger partial charge in [-0.3, -0.25) is 0 Å². The fraction of sp³-hybridized carbons (Fsp3) is 0.400. The van der Waals surface area contributed by atoms with Crippen molar-refractivity contribution >= 4 is 6.34 Å². The first-order valence-corrected chi connectivity index (χ1v) is 2.28. The largest absolute Gasteiger partial charge is 0.362 e. The second kappa shape index (κ2) is 1.78. The summed E-state index contributed by atoms with van der Waals surface area (Å²) in [7, 11) is 1.99. The number of hydrogen-bond donors (Lipinski definition) is 0. The van der Waals surface area contributed by atoms with Crippen LogP contribution in [0.5, 0.6) is 0 Å². The fourth-order valence-electron chi connectivity index (χ4n) is 0.474.